The summed E-state index contributed by atoms with van der Waals surface area (Å²) in [6.07, 6.45) is 9.48. The number of likely N-dealkylation sites (tertiary alicyclic amines) is 2. The Hall–Kier alpha value is -7.48. The van der Waals surface area contributed by atoms with Crippen LogP contribution in [0.5, 0.6) is 0 Å². The number of anilines is 10. The molecule has 13 rings (SSSR count). The average Bonchev–Trinajstić information content (AvgIpc) is 0.825. The first-order valence-electron chi connectivity index (χ1n) is 47.4. The van der Waals surface area contributed by atoms with Crippen molar-refractivity contribution in [2.45, 2.75) is 140 Å². The van der Waals surface area contributed by atoms with Crippen LogP contribution >= 0.6 is 159 Å². The Kier molecular flexibility index (Phi) is 49.9. The van der Waals surface area contributed by atoms with Crippen molar-refractivity contribution >= 4 is 251 Å². The topological polar surface area (TPSA) is 274 Å². The normalized spacial score (nSPS) is 13.2. The zero-order chi connectivity index (χ0) is 101. The lowest BCUT2D eigenvalue weighted by molar-refractivity contribution is -0.384. The summed E-state index contributed by atoms with van der Waals surface area (Å²) in [6, 6.07) is 57.3. The Morgan fingerprint density at radius 1 is 0.353 bits per heavy atom. The van der Waals surface area contributed by atoms with Crippen LogP contribution in [0, 0.1) is 62.6 Å². The molecule has 0 bridgehead atoms. The highest BCUT2D eigenvalue weighted by Gasteiger charge is 2.24. The SMILES string of the molecule is CCN(CC)CCCNC(=O)c1cc(Cl)ccc1Nc1ccc(I)cc1C.Cc1cc(I)ccc1Nc1ccc(Cl)cc1C(=O)NCCCN1CCCCC1.Cc1cc(I)ccc1Nc1ccc(Cl)cc1C(=O)NCCN(C(C)C)C(C)C.Cc1cc(I)ccc1Nc1ccc(Cl)cc1C(=O)NCCN1CCOCC1.Cc1cc(I)ccc1Nc1ccc([N+](=O)[O-])cc1C(=O)NCCN1CCCCC1. The number of hydrogen-bond donors (Lipinski definition) is 10. The van der Waals surface area contributed by atoms with Crippen molar-refractivity contribution < 1.29 is 33.6 Å². The molecule has 3 fully saturated rings. The molecule has 3 saturated heterocycles. The summed E-state index contributed by atoms with van der Waals surface area (Å²) in [5.74, 6) is -0.761. The Morgan fingerprint density at radius 2 is 0.626 bits per heavy atom. The van der Waals surface area contributed by atoms with E-state index in [1.807, 2.05) is 119 Å². The lowest BCUT2D eigenvalue weighted by atomic mass is 10.1. The molecule has 0 spiro atoms. The van der Waals surface area contributed by atoms with Crippen molar-refractivity contribution in [2.75, 3.05) is 158 Å². The van der Waals surface area contributed by atoms with Gasteiger partial charge in [0.1, 0.15) is 0 Å². The van der Waals surface area contributed by atoms with Crippen LogP contribution in [-0.2, 0) is 4.74 Å². The van der Waals surface area contributed by atoms with Crippen molar-refractivity contribution in [3.63, 3.8) is 0 Å². The number of nitro groups is 1. The van der Waals surface area contributed by atoms with Gasteiger partial charge in [0, 0.05) is 156 Å². The van der Waals surface area contributed by atoms with Gasteiger partial charge < -0.3 is 72.6 Å². The average molecular weight is 2530 g/mol. The molecule has 33 heteroatoms. The molecule has 746 valence electrons. The number of amides is 5. The molecule has 0 aromatic heterocycles. The fraction of sp³-hybridized carbons (Fsp3) is 0.387. The fourth-order valence-corrected chi connectivity index (χ4v) is 20.0. The number of carbonyl (C=O) groups excluding carboxylic acids is 5. The van der Waals surface area contributed by atoms with Crippen LogP contribution in [0.4, 0.5) is 62.6 Å². The predicted octanol–water partition coefficient (Wildman–Crippen LogP) is 25.4. The van der Waals surface area contributed by atoms with Gasteiger partial charge in [0.25, 0.3) is 35.2 Å². The maximum absolute atomic E-state index is 12.8. The van der Waals surface area contributed by atoms with Crippen molar-refractivity contribution in [1.29, 1.82) is 0 Å². The maximum atomic E-state index is 12.8. The van der Waals surface area contributed by atoms with Crippen LogP contribution < -0.4 is 53.2 Å². The number of halogens is 9. The van der Waals surface area contributed by atoms with E-state index in [0.29, 0.717) is 92.8 Å². The number of morpholine rings is 1. The third-order valence-corrected chi connectivity index (χ3v) is 28.1. The van der Waals surface area contributed by atoms with Gasteiger partial charge in [0.15, 0.2) is 0 Å². The molecule has 10 N–H and O–H groups in total. The minimum Gasteiger partial charge on any atom is -0.379 e. The van der Waals surface area contributed by atoms with Crippen molar-refractivity contribution in [2.24, 2.45) is 0 Å². The Morgan fingerprint density at radius 3 is 0.928 bits per heavy atom. The van der Waals surface area contributed by atoms with Gasteiger partial charge in [0.05, 0.1) is 74.4 Å². The van der Waals surface area contributed by atoms with E-state index in [1.54, 1.807) is 54.6 Å². The molecule has 0 atom stereocenters. The fourth-order valence-electron chi connectivity index (χ4n) is 16.0. The molecule has 139 heavy (non-hydrogen) atoms. The monoisotopic (exact) mass is 2530 g/mol. The number of non-ortho nitro benzene ring substituents is 1. The van der Waals surface area contributed by atoms with Gasteiger partial charge in [-0.1, -0.05) is 73.1 Å². The molecule has 0 saturated carbocycles. The summed E-state index contributed by atoms with van der Waals surface area (Å²) >= 11 is 36.0. The lowest BCUT2D eigenvalue weighted by Crippen LogP contribution is -2.42. The number of carbonyl (C=O) groups is 5. The number of benzene rings is 10. The van der Waals surface area contributed by atoms with Crippen LogP contribution in [0.1, 0.15) is 173 Å². The maximum Gasteiger partial charge on any atom is 0.270 e. The van der Waals surface area contributed by atoms with E-state index in [4.69, 9.17) is 51.1 Å². The second-order valence-electron chi connectivity index (χ2n) is 34.9. The van der Waals surface area contributed by atoms with Crippen molar-refractivity contribution in [3.05, 3.63) is 286 Å². The van der Waals surface area contributed by atoms with Gasteiger partial charge in [-0.3, -0.25) is 43.9 Å². The van der Waals surface area contributed by atoms with Crippen molar-refractivity contribution in [3.8, 4) is 0 Å². The largest absolute Gasteiger partial charge is 0.379 e. The van der Waals surface area contributed by atoms with E-state index in [9.17, 15) is 34.1 Å². The smallest absolute Gasteiger partial charge is 0.270 e. The molecule has 3 heterocycles. The molecule has 0 radical (unpaired) electrons. The summed E-state index contributed by atoms with van der Waals surface area (Å²) in [7, 11) is 0. The second kappa shape index (κ2) is 60.3. The van der Waals surface area contributed by atoms with Gasteiger partial charge in [-0.15, -0.1) is 0 Å². The Balaban J connectivity index is 0.000000194. The van der Waals surface area contributed by atoms with Gasteiger partial charge in [-0.25, -0.2) is 0 Å². The quantitative estimate of drug-likeness (QED) is 0.00750. The van der Waals surface area contributed by atoms with E-state index in [1.165, 1.54) is 78.0 Å². The molecule has 10 aromatic carbocycles. The van der Waals surface area contributed by atoms with E-state index in [2.05, 4.69) is 263 Å². The van der Waals surface area contributed by atoms with Crippen LogP contribution in [0.2, 0.25) is 20.1 Å². The number of piperidine rings is 2. The highest BCUT2D eigenvalue weighted by atomic mass is 127. The molecular formula is C106H131Cl4I5N16O8. The number of nitro benzene ring substituents is 1. The minimum atomic E-state index is -0.482. The number of hydrogen-bond acceptors (Lipinski definition) is 18. The van der Waals surface area contributed by atoms with Gasteiger partial charge >= 0.3 is 0 Å². The zero-order valence-electron chi connectivity index (χ0n) is 81.1. The molecule has 3 aliphatic heterocycles. The summed E-state index contributed by atoms with van der Waals surface area (Å²) < 4.78 is 11.2. The van der Waals surface area contributed by atoms with E-state index in [-0.39, 0.29) is 40.8 Å². The van der Waals surface area contributed by atoms with Gasteiger partial charge in [-0.2, -0.15) is 0 Å². The first kappa shape index (κ1) is 115. The molecule has 5 amide bonds. The number of ether oxygens (including phenoxy) is 1. The number of nitrogens with one attached hydrogen (secondary N) is 10. The van der Waals surface area contributed by atoms with E-state index >= 15 is 0 Å². The minimum absolute atomic E-state index is 0.0909. The number of nitrogens with zero attached hydrogens (tertiary/aromatic N) is 6. The first-order valence-corrected chi connectivity index (χ1v) is 54.3. The first-order chi connectivity index (χ1) is 66.6. The molecule has 24 nitrogen and oxygen atoms in total. The van der Waals surface area contributed by atoms with Crippen molar-refractivity contribution in [1.82, 2.24) is 51.1 Å². The molecule has 3 aliphatic rings. The number of rotatable bonds is 37. The third-order valence-electron chi connectivity index (χ3n) is 23.8. The summed E-state index contributed by atoms with van der Waals surface area (Å²) in [5.41, 5.74) is 16.3. The standard InChI is InChI=1S/C22H27ClIN3O.C22H29ClIN3O.C21H27ClIN3O.C21H25IN4O3.C20H23ClIN3O2/c1-16-14-18(24)7-9-20(16)26-21-8-6-17(23)15-19(21)22(28)25-10-5-13-27-11-3-2-4-12-27;1-14(2)27(15(3)4)11-10-25-22(28)19-13-17(23)6-8-21(19)26-20-9-7-18(24)12-16(20)5;1-4-26(5-2)12-6-11-24-21(27)18-14-16(22)7-9-20(18)25-19-10-8-17(23)13-15(19)3;1-15-13-16(22)5-7-19(15)24-20-8-6-17(26(28)29)14-18(20)21(27)23-9-12-25-10-3-2-4-11-25;1-14-12-16(22)3-5-18(14)24-19-4-2-15(21)13-17(19)20(26)23-6-7-25-8-10-27-11-9-25/h6-9,14-15,26H,2-5,10-13H2,1H3,(H,25,28);6-9,12-15,26H,10-11H2,1-5H3,(H,25,28);7-10,13-14,25H,4-6,11-12H2,1-3H3,(H,24,27);5-8,13-14,24H,2-4,9-12H2,1H3,(H,23,27);2-5,12-13,24H,6-11H2,1H3,(H,23,26). The van der Waals surface area contributed by atoms with Crippen LogP contribution in [0.15, 0.2) is 182 Å². The van der Waals surface area contributed by atoms with E-state index in [0.717, 1.165) is 181 Å². The van der Waals surface area contributed by atoms with E-state index < -0.39 is 4.92 Å². The second-order valence-corrected chi connectivity index (χ2v) is 42.8. The van der Waals surface area contributed by atoms with Gasteiger partial charge in [-0.05, 0) is 464 Å². The predicted molar refractivity (Wildman–Crippen MR) is 618 cm³/mol. The molecule has 10 aromatic rings. The molecule has 0 aliphatic carbocycles. The molecule has 0 unspecified atom stereocenters. The Labute approximate surface area is 909 Å². The Bertz CT molecular complexity index is 5720. The number of aryl methyl sites for hydroxylation is 5. The van der Waals surface area contributed by atoms with Crippen LogP contribution in [-0.4, -0.2) is 202 Å². The van der Waals surface area contributed by atoms with Crippen LogP contribution in [0.25, 0.3) is 0 Å². The highest BCUT2D eigenvalue weighted by Crippen LogP contribution is 2.35. The summed E-state index contributed by atoms with van der Waals surface area (Å²) in [5, 5.41) is 45.2. The zero-order valence-corrected chi connectivity index (χ0v) is 94.9. The lowest BCUT2D eigenvalue weighted by Gasteiger charge is -2.30. The van der Waals surface area contributed by atoms with Crippen LogP contribution in [0.3, 0.4) is 0 Å². The molecular weight excluding hydrogens is 2400 g/mol. The highest BCUT2D eigenvalue weighted by molar-refractivity contribution is 14.1. The third kappa shape index (κ3) is 39.2. The summed E-state index contributed by atoms with van der Waals surface area (Å²) in [4.78, 5) is 86.4. The van der Waals surface area contributed by atoms with Gasteiger partial charge in [0.2, 0.25) is 0 Å². The summed E-state index contributed by atoms with van der Waals surface area (Å²) in [6.45, 7) is 40.5.